The van der Waals surface area contributed by atoms with Crippen LogP contribution in [0.2, 0.25) is 0 Å². The van der Waals surface area contributed by atoms with Crippen LogP contribution in [0, 0.1) is 0 Å². The Balaban J connectivity index is 1.28. The number of rotatable bonds is 8. The van der Waals surface area contributed by atoms with E-state index in [4.69, 9.17) is 13.9 Å². The van der Waals surface area contributed by atoms with Crippen molar-refractivity contribution in [2.75, 3.05) is 13.7 Å². The van der Waals surface area contributed by atoms with Gasteiger partial charge in [-0.15, -0.1) is 0 Å². The molecule has 2 aromatic carbocycles. The molecule has 0 saturated heterocycles. The van der Waals surface area contributed by atoms with Crippen LogP contribution in [0.1, 0.15) is 5.76 Å². The number of hydrazone groups is 1. The van der Waals surface area contributed by atoms with Crippen LogP contribution in [-0.4, -0.2) is 35.8 Å². The number of carbonyl (C=O) groups excluding carboxylic acids is 1. The first kappa shape index (κ1) is 19.6. The summed E-state index contributed by atoms with van der Waals surface area (Å²) < 4.78 is 16.3. The summed E-state index contributed by atoms with van der Waals surface area (Å²) >= 11 is 1.37. The van der Waals surface area contributed by atoms with Crippen molar-refractivity contribution in [3.63, 3.8) is 0 Å². The molecular weight excluding hydrogens is 404 g/mol. The zero-order chi connectivity index (χ0) is 20.8. The van der Waals surface area contributed by atoms with Crippen LogP contribution in [-0.2, 0) is 4.79 Å². The quantitative estimate of drug-likeness (QED) is 0.330. The Kier molecular flexibility index (Phi) is 6.00. The second-order valence-electron chi connectivity index (χ2n) is 6.05. The molecule has 4 aromatic rings. The number of hydrogen-bond donors (Lipinski definition) is 2. The summed E-state index contributed by atoms with van der Waals surface area (Å²) in [6, 6.07) is 18.5. The highest BCUT2D eigenvalue weighted by molar-refractivity contribution is 7.99. The van der Waals surface area contributed by atoms with Gasteiger partial charge in [0.2, 0.25) is 0 Å². The topological polar surface area (TPSA) is 102 Å². The maximum atomic E-state index is 11.9. The monoisotopic (exact) mass is 422 g/mol. The summed E-state index contributed by atoms with van der Waals surface area (Å²) in [4.78, 5) is 19.6. The van der Waals surface area contributed by atoms with Gasteiger partial charge in [0.25, 0.3) is 5.91 Å². The van der Waals surface area contributed by atoms with Crippen LogP contribution in [0.4, 0.5) is 0 Å². The van der Waals surface area contributed by atoms with E-state index >= 15 is 0 Å². The van der Waals surface area contributed by atoms with Crippen molar-refractivity contribution >= 4 is 34.9 Å². The van der Waals surface area contributed by atoms with E-state index in [2.05, 4.69) is 20.5 Å². The normalized spacial score (nSPS) is 11.1. The van der Waals surface area contributed by atoms with E-state index in [1.807, 2.05) is 36.4 Å². The van der Waals surface area contributed by atoms with Crippen molar-refractivity contribution < 1.29 is 18.7 Å². The fraction of sp³-hybridized carbons (Fsp3) is 0.0952. The minimum Gasteiger partial charge on any atom is -0.493 e. The number of furan rings is 1. The van der Waals surface area contributed by atoms with E-state index in [1.165, 1.54) is 25.1 Å². The van der Waals surface area contributed by atoms with Crippen LogP contribution in [0.5, 0.6) is 11.5 Å². The summed E-state index contributed by atoms with van der Waals surface area (Å²) in [5.41, 5.74) is 4.25. The van der Waals surface area contributed by atoms with Gasteiger partial charge in [0, 0.05) is 0 Å². The predicted molar refractivity (Wildman–Crippen MR) is 113 cm³/mol. The third-order valence-electron chi connectivity index (χ3n) is 3.98. The molecule has 0 bridgehead atoms. The first-order valence-electron chi connectivity index (χ1n) is 9.01. The van der Waals surface area contributed by atoms with Crippen molar-refractivity contribution in [2.24, 2.45) is 5.10 Å². The molecule has 2 heterocycles. The average Bonchev–Trinajstić information content (AvgIpc) is 3.38. The predicted octanol–water partition coefficient (Wildman–Crippen LogP) is 3.84. The van der Waals surface area contributed by atoms with E-state index in [9.17, 15) is 4.79 Å². The van der Waals surface area contributed by atoms with E-state index < -0.39 is 5.91 Å². The number of methoxy groups -OCH3 is 1. The molecule has 2 aromatic heterocycles. The number of aromatic amines is 1. The van der Waals surface area contributed by atoms with Gasteiger partial charge < -0.3 is 18.9 Å². The number of para-hydroxylation sites is 4. The van der Waals surface area contributed by atoms with E-state index in [0.717, 1.165) is 16.2 Å². The van der Waals surface area contributed by atoms with Crippen molar-refractivity contribution in [3.8, 4) is 11.5 Å². The number of carbonyl (C=O) groups is 1. The molecule has 2 N–H and O–H groups in total. The van der Waals surface area contributed by atoms with E-state index in [-0.39, 0.29) is 6.61 Å². The van der Waals surface area contributed by atoms with Gasteiger partial charge in [-0.25, -0.2) is 10.4 Å². The fourth-order valence-corrected chi connectivity index (χ4v) is 3.38. The average molecular weight is 422 g/mol. The first-order chi connectivity index (χ1) is 14.7. The molecule has 9 heteroatoms. The van der Waals surface area contributed by atoms with Crippen molar-refractivity contribution in [2.45, 2.75) is 10.2 Å². The molecule has 1 amide bonds. The number of imidazole rings is 1. The lowest BCUT2D eigenvalue weighted by molar-refractivity contribution is -0.123. The minimum atomic E-state index is -0.402. The number of aromatic nitrogens is 2. The van der Waals surface area contributed by atoms with Crippen molar-refractivity contribution in [1.82, 2.24) is 15.4 Å². The Labute approximate surface area is 176 Å². The molecule has 152 valence electrons. The highest BCUT2D eigenvalue weighted by Crippen LogP contribution is 2.28. The van der Waals surface area contributed by atoms with Crippen LogP contribution < -0.4 is 14.9 Å². The van der Waals surface area contributed by atoms with E-state index in [1.54, 1.807) is 24.3 Å². The van der Waals surface area contributed by atoms with Gasteiger partial charge in [0.05, 0.1) is 24.4 Å². The Bertz CT molecular complexity index is 1150. The second-order valence-corrected chi connectivity index (χ2v) is 7.04. The molecule has 0 atom stereocenters. The highest BCUT2D eigenvalue weighted by atomic mass is 32.2. The number of amides is 1. The number of nitrogens with one attached hydrogen (secondary N) is 2. The lowest BCUT2D eigenvalue weighted by Gasteiger charge is -2.08. The van der Waals surface area contributed by atoms with Crippen LogP contribution >= 0.6 is 11.8 Å². The van der Waals surface area contributed by atoms with Crippen LogP contribution in [0.3, 0.4) is 0 Å². The van der Waals surface area contributed by atoms with Crippen LogP contribution in [0.25, 0.3) is 11.0 Å². The number of H-pyrrole nitrogens is 1. The molecule has 0 spiro atoms. The third kappa shape index (κ3) is 4.81. The Hall–Kier alpha value is -3.72. The third-order valence-corrected chi connectivity index (χ3v) is 4.78. The summed E-state index contributed by atoms with van der Waals surface area (Å²) in [6.45, 7) is -0.191. The molecule has 0 radical (unpaired) electrons. The standard InChI is InChI=1S/C21H18N4O4S/c1-27-17-8-4-5-9-18(17)28-13-19(26)25-22-12-14-10-11-20(29-14)30-21-23-15-6-2-3-7-16(15)24-21/h2-12H,13H2,1H3,(H,23,24)(H,25,26)/b22-12+. The van der Waals surface area contributed by atoms with Gasteiger partial charge in [-0.2, -0.15) is 5.10 Å². The van der Waals surface area contributed by atoms with Crippen molar-refractivity contribution in [1.29, 1.82) is 0 Å². The minimum absolute atomic E-state index is 0.191. The van der Waals surface area contributed by atoms with Crippen LogP contribution in [0.15, 0.2) is 80.4 Å². The Morgan fingerprint density at radius 1 is 1.17 bits per heavy atom. The fourth-order valence-electron chi connectivity index (χ4n) is 2.61. The van der Waals surface area contributed by atoms with E-state index in [0.29, 0.717) is 22.4 Å². The Morgan fingerprint density at radius 2 is 1.97 bits per heavy atom. The molecule has 0 saturated carbocycles. The largest absolute Gasteiger partial charge is 0.493 e. The SMILES string of the molecule is COc1ccccc1OCC(=O)N/N=C/c1ccc(Sc2nc3ccccc3[nH]2)o1. The zero-order valence-corrected chi connectivity index (χ0v) is 16.8. The first-order valence-corrected chi connectivity index (χ1v) is 9.83. The summed E-state index contributed by atoms with van der Waals surface area (Å²) in [5.74, 6) is 1.14. The van der Waals surface area contributed by atoms with Crippen molar-refractivity contribution in [3.05, 3.63) is 66.4 Å². The molecule has 4 rings (SSSR count). The zero-order valence-electron chi connectivity index (χ0n) is 16.0. The summed E-state index contributed by atoms with van der Waals surface area (Å²) in [6.07, 6.45) is 1.42. The Morgan fingerprint density at radius 3 is 2.80 bits per heavy atom. The molecule has 0 fully saturated rings. The summed E-state index contributed by atoms with van der Waals surface area (Å²) in [7, 11) is 1.54. The summed E-state index contributed by atoms with van der Waals surface area (Å²) in [5, 5.41) is 5.28. The second kappa shape index (κ2) is 9.19. The highest BCUT2D eigenvalue weighted by Gasteiger charge is 2.08. The lowest BCUT2D eigenvalue weighted by Crippen LogP contribution is -2.24. The number of fused-ring (bicyclic) bond motifs is 1. The number of ether oxygens (including phenoxy) is 2. The molecule has 0 unspecified atom stereocenters. The smallest absolute Gasteiger partial charge is 0.277 e. The molecule has 0 aliphatic heterocycles. The van der Waals surface area contributed by atoms with Gasteiger partial charge in [-0.05, 0) is 48.2 Å². The molecule has 0 aliphatic rings. The molecule has 0 aliphatic carbocycles. The molecular formula is C21H18N4O4S. The van der Waals surface area contributed by atoms with Gasteiger partial charge in [-0.3, -0.25) is 4.79 Å². The number of benzene rings is 2. The number of hydrogen-bond acceptors (Lipinski definition) is 7. The molecule has 30 heavy (non-hydrogen) atoms. The molecule has 8 nitrogen and oxygen atoms in total. The number of nitrogens with zero attached hydrogens (tertiary/aromatic N) is 2. The maximum absolute atomic E-state index is 11.9. The lowest BCUT2D eigenvalue weighted by atomic mass is 10.3. The van der Waals surface area contributed by atoms with Gasteiger partial charge in [-0.1, -0.05) is 24.3 Å². The van der Waals surface area contributed by atoms with Gasteiger partial charge in [0.15, 0.2) is 28.4 Å². The van der Waals surface area contributed by atoms with Gasteiger partial charge in [0.1, 0.15) is 5.76 Å². The van der Waals surface area contributed by atoms with Gasteiger partial charge >= 0.3 is 0 Å². The maximum Gasteiger partial charge on any atom is 0.277 e.